The molecule has 1 saturated heterocycles. The molecule has 1 aliphatic heterocycles. The molecule has 0 aromatic rings. The highest BCUT2D eigenvalue weighted by molar-refractivity contribution is 7.85. The minimum Gasteiger partial charge on any atom is -0.481 e. The van der Waals surface area contributed by atoms with E-state index in [1.807, 2.05) is 6.92 Å². The van der Waals surface area contributed by atoms with Gasteiger partial charge in [-0.25, -0.2) is 4.79 Å². The first-order valence-corrected chi connectivity index (χ1v) is 7.63. The van der Waals surface area contributed by atoms with Gasteiger partial charge in [0.25, 0.3) is 0 Å². The Hall–Kier alpha value is -1.11. The third-order valence-corrected chi connectivity index (χ3v) is 4.35. The first-order valence-electron chi connectivity index (χ1n) is 6.15. The van der Waals surface area contributed by atoms with Gasteiger partial charge in [-0.3, -0.25) is 9.00 Å². The van der Waals surface area contributed by atoms with Gasteiger partial charge >= 0.3 is 12.0 Å². The quantitative estimate of drug-likeness (QED) is 0.679. The molecule has 1 fully saturated rings. The molecule has 0 aromatic heterocycles. The molecule has 0 bridgehead atoms. The number of carbonyl (C=O) groups excluding carboxylic acids is 1. The van der Waals surface area contributed by atoms with E-state index in [0.29, 0.717) is 17.9 Å². The average Bonchev–Trinajstić information content (AvgIpc) is 2.30. The SMILES string of the molecule is CCC(CC(=O)O)NC(=O)NC1CCS(=O)CC1. The highest BCUT2D eigenvalue weighted by Gasteiger charge is 2.21. The average molecular weight is 276 g/mol. The minimum absolute atomic E-state index is 0.0463. The Morgan fingerprint density at radius 3 is 2.50 bits per heavy atom. The zero-order chi connectivity index (χ0) is 13.5. The third-order valence-electron chi connectivity index (χ3n) is 2.97. The van der Waals surface area contributed by atoms with Gasteiger partial charge in [0.05, 0.1) is 6.42 Å². The predicted molar refractivity (Wildman–Crippen MR) is 68.9 cm³/mol. The lowest BCUT2D eigenvalue weighted by Crippen LogP contribution is -2.48. The fraction of sp³-hybridized carbons (Fsp3) is 0.818. The van der Waals surface area contributed by atoms with Gasteiger partial charge in [-0.15, -0.1) is 0 Å². The van der Waals surface area contributed by atoms with E-state index in [4.69, 9.17) is 5.11 Å². The number of hydrogen-bond donors (Lipinski definition) is 3. The topological polar surface area (TPSA) is 95.5 Å². The van der Waals surface area contributed by atoms with Crippen LogP contribution in [0.2, 0.25) is 0 Å². The van der Waals surface area contributed by atoms with E-state index < -0.39 is 16.8 Å². The van der Waals surface area contributed by atoms with Crippen LogP contribution >= 0.6 is 0 Å². The Morgan fingerprint density at radius 1 is 1.39 bits per heavy atom. The lowest BCUT2D eigenvalue weighted by molar-refractivity contribution is -0.137. The van der Waals surface area contributed by atoms with Gasteiger partial charge in [0, 0.05) is 34.4 Å². The van der Waals surface area contributed by atoms with Crippen molar-refractivity contribution in [1.29, 1.82) is 0 Å². The fourth-order valence-electron chi connectivity index (χ4n) is 1.86. The van der Waals surface area contributed by atoms with E-state index in [-0.39, 0.29) is 24.5 Å². The number of nitrogens with one attached hydrogen (secondary N) is 2. The minimum atomic E-state index is -0.921. The molecule has 1 unspecified atom stereocenters. The van der Waals surface area contributed by atoms with Gasteiger partial charge in [0.15, 0.2) is 0 Å². The highest BCUT2D eigenvalue weighted by atomic mass is 32.2. The molecule has 104 valence electrons. The molecule has 3 N–H and O–H groups in total. The van der Waals surface area contributed by atoms with Crippen LogP contribution in [0.4, 0.5) is 4.79 Å². The van der Waals surface area contributed by atoms with E-state index in [1.54, 1.807) is 0 Å². The Bertz CT molecular complexity index is 325. The predicted octanol–water partition coefficient (Wildman–Crippen LogP) is 0.450. The zero-order valence-corrected chi connectivity index (χ0v) is 11.3. The van der Waals surface area contributed by atoms with E-state index >= 15 is 0 Å². The molecule has 0 saturated carbocycles. The summed E-state index contributed by atoms with van der Waals surface area (Å²) >= 11 is 0. The smallest absolute Gasteiger partial charge is 0.315 e. The maximum absolute atomic E-state index is 11.7. The Morgan fingerprint density at radius 2 is 2.00 bits per heavy atom. The van der Waals surface area contributed by atoms with Crippen LogP contribution in [0.15, 0.2) is 0 Å². The second-order valence-corrected chi connectivity index (χ2v) is 6.14. The van der Waals surface area contributed by atoms with Crippen LogP contribution in [0.1, 0.15) is 32.6 Å². The van der Waals surface area contributed by atoms with Crippen LogP contribution in [0.25, 0.3) is 0 Å². The number of hydrogen-bond acceptors (Lipinski definition) is 3. The van der Waals surface area contributed by atoms with Crippen molar-refractivity contribution < 1.29 is 18.9 Å². The molecule has 2 amide bonds. The molecular weight excluding hydrogens is 256 g/mol. The van der Waals surface area contributed by atoms with Gasteiger partial charge in [0.1, 0.15) is 0 Å². The second-order valence-electron chi connectivity index (χ2n) is 4.44. The van der Waals surface area contributed by atoms with Crippen molar-refractivity contribution in [1.82, 2.24) is 10.6 Å². The number of carbonyl (C=O) groups is 2. The van der Waals surface area contributed by atoms with Crippen LogP contribution in [0.3, 0.4) is 0 Å². The Labute approximate surface area is 109 Å². The molecule has 1 atom stereocenters. The van der Waals surface area contributed by atoms with E-state index in [9.17, 15) is 13.8 Å². The maximum atomic E-state index is 11.7. The summed E-state index contributed by atoms with van der Waals surface area (Å²) < 4.78 is 11.2. The van der Waals surface area contributed by atoms with E-state index in [0.717, 1.165) is 12.8 Å². The molecule has 0 aromatic carbocycles. The maximum Gasteiger partial charge on any atom is 0.315 e. The summed E-state index contributed by atoms with van der Waals surface area (Å²) in [5.74, 6) is 0.324. The number of aliphatic carboxylic acids is 1. The lowest BCUT2D eigenvalue weighted by Gasteiger charge is -2.24. The van der Waals surface area contributed by atoms with Gasteiger partial charge in [-0.2, -0.15) is 0 Å². The van der Waals surface area contributed by atoms with Gasteiger partial charge in [0.2, 0.25) is 0 Å². The molecular formula is C11H20N2O4S. The first kappa shape index (κ1) is 14.9. The molecule has 7 heteroatoms. The Balaban J connectivity index is 2.31. The molecule has 1 aliphatic rings. The monoisotopic (exact) mass is 276 g/mol. The lowest BCUT2D eigenvalue weighted by atomic mass is 10.1. The molecule has 18 heavy (non-hydrogen) atoms. The van der Waals surface area contributed by atoms with Crippen molar-refractivity contribution in [2.75, 3.05) is 11.5 Å². The molecule has 1 heterocycles. The van der Waals surface area contributed by atoms with Gasteiger partial charge < -0.3 is 15.7 Å². The van der Waals surface area contributed by atoms with Crippen LogP contribution in [-0.4, -0.2) is 44.9 Å². The standard InChI is InChI=1S/C11H20N2O4S/c1-2-8(7-10(14)15)12-11(16)13-9-3-5-18(17)6-4-9/h8-9H,2-7H2,1H3,(H,14,15)(H2,12,13,16). The van der Waals surface area contributed by atoms with Gasteiger partial charge in [-0.05, 0) is 19.3 Å². The zero-order valence-electron chi connectivity index (χ0n) is 10.5. The summed E-state index contributed by atoms with van der Waals surface area (Å²) in [6.07, 6.45) is 1.94. The third kappa shape index (κ3) is 5.48. The fourth-order valence-corrected chi connectivity index (χ4v) is 3.16. The highest BCUT2D eigenvalue weighted by Crippen LogP contribution is 2.09. The van der Waals surface area contributed by atoms with E-state index in [2.05, 4.69) is 10.6 Å². The summed E-state index contributed by atoms with van der Waals surface area (Å²) in [7, 11) is -0.745. The first-order chi connectivity index (χ1) is 8.51. The van der Waals surface area contributed by atoms with E-state index in [1.165, 1.54) is 0 Å². The summed E-state index contributed by atoms with van der Waals surface area (Å²) in [5, 5.41) is 14.1. The van der Waals surface area contributed by atoms with Crippen molar-refractivity contribution in [2.45, 2.75) is 44.7 Å². The normalized spacial score (nSPS) is 25.2. The number of rotatable bonds is 5. The molecule has 0 aliphatic carbocycles. The van der Waals surface area contributed by atoms with Crippen LogP contribution < -0.4 is 10.6 Å². The van der Waals surface area contributed by atoms with Crippen molar-refractivity contribution >= 4 is 22.8 Å². The van der Waals surface area contributed by atoms with Crippen LogP contribution in [0.5, 0.6) is 0 Å². The number of carboxylic acid groups (broad SMARTS) is 1. The van der Waals surface area contributed by atoms with Gasteiger partial charge in [-0.1, -0.05) is 6.92 Å². The second kappa shape index (κ2) is 7.35. The number of carboxylic acids is 1. The largest absolute Gasteiger partial charge is 0.481 e. The van der Waals surface area contributed by atoms with Crippen molar-refractivity contribution in [3.8, 4) is 0 Å². The molecule has 1 rings (SSSR count). The molecule has 6 nitrogen and oxygen atoms in total. The van der Waals surface area contributed by atoms with Crippen LogP contribution in [-0.2, 0) is 15.6 Å². The molecule has 0 radical (unpaired) electrons. The van der Waals surface area contributed by atoms with Crippen molar-refractivity contribution in [3.63, 3.8) is 0 Å². The van der Waals surface area contributed by atoms with Crippen molar-refractivity contribution in [3.05, 3.63) is 0 Å². The Kier molecular flexibility index (Phi) is 6.11. The summed E-state index contributed by atoms with van der Waals surface area (Å²) in [6, 6.07) is -0.633. The summed E-state index contributed by atoms with van der Waals surface area (Å²) in [5.41, 5.74) is 0. The van der Waals surface area contributed by atoms with Crippen molar-refractivity contribution in [2.24, 2.45) is 0 Å². The number of amides is 2. The molecule has 0 spiro atoms. The van der Waals surface area contributed by atoms with Crippen LogP contribution in [0, 0.1) is 0 Å². The summed E-state index contributed by atoms with van der Waals surface area (Å²) in [6.45, 7) is 1.83. The summed E-state index contributed by atoms with van der Waals surface area (Å²) in [4.78, 5) is 22.2. The number of urea groups is 1.